The molecule has 0 radical (unpaired) electrons. The smallest absolute Gasteiger partial charge is 0.177 e. The van der Waals surface area contributed by atoms with E-state index < -0.39 is 9.84 Å². The number of sulfone groups is 1. The second-order valence-electron chi connectivity index (χ2n) is 9.08. The average molecular weight is 562 g/mol. The van der Waals surface area contributed by atoms with Crippen molar-refractivity contribution in [1.29, 1.82) is 0 Å². The topological polar surface area (TPSA) is 108 Å². The van der Waals surface area contributed by atoms with E-state index in [0.717, 1.165) is 40.7 Å². The molecule has 0 saturated carbocycles. The number of aromatic nitrogens is 4. The van der Waals surface area contributed by atoms with Gasteiger partial charge in [0.25, 0.3) is 0 Å². The van der Waals surface area contributed by atoms with Gasteiger partial charge in [0, 0.05) is 36.5 Å². The van der Waals surface area contributed by atoms with Crippen LogP contribution in [0.25, 0.3) is 21.7 Å². The minimum absolute atomic E-state index is 0.152. The largest absolute Gasteiger partial charge is 0.378 e. The molecule has 1 atom stereocenters. The Morgan fingerprint density at radius 1 is 1.19 bits per heavy atom. The summed E-state index contributed by atoms with van der Waals surface area (Å²) in [6.45, 7) is 4.96. The first kappa shape index (κ1) is 26.1. The van der Waals surface area contributed by atoms with Crippen molar-refractivity contribution >= 4 is 55.3 Å². The van der Waals surface area contributed by atoms with Gasteiger partial charge in [0.05, 0.1) is 28.6 Å². The van der Waals surface area contributed by atoms with Crippen LogP contribution in [-0.2, 0) is 25.9 Å². The van der Waals surface area contributed by atoms with Crippen molar-refractivity contribution in [1.82, 2.24) is 19.5 Å². The van der Waals surface area contributed by atoms with Gasteiger partial charge in [-0.05, 0) is 51.3 Å². The third-order valence-electron chi connectivity index (χ3n) is 6.31. The van der Waals surface area contributed by atoms with Gasteiger partial charge in [-0.3, -0.25) is 4.57 Å². The van der Waals surface area contributed by atoms with E-state index in [9.17, 15) is 8.42 Å². The number of imidazole rings is 1. The van der Waals surface area contributed by atoms with E-state index in [1.807, 2.05) is 24.5 Å². The van der Waals surface area contributed by atoms with Crippen molar-refractivity contribution in [3.8, 4) is 10.6 Å². The lowest BCUT2D eigenvalue weighted by molar-refractivity contribution is -0.0309. The zero-order chi connectivity index (χ0) is 26.3. The van der Waals surface area contributed by atoms with Crippen molar-refractivity contribution in [2.75, 3.05) is 25.3 Å². The average Bonchev–Trinajstić information content (AvgIpc) is 3.38. The number of rotatable bonds is 7. The van der Waals surface area contributed by atoms with Gasteiger partial charge in [0.15, 0.2) is 15.5 Å². The van der Waals surface area contributed by atoms with E-state index in [1.165, 1.54) is 17.6 Å². The second kappa shape index (κ2) is 10.3. The normalized spacial score (nSPS) is 16.4. The van der Waals surface area contributed by atoms with Gasteiger partial charge >= 0.3 is 0 Å². The first-order valence-electron chi connectivity index (χ1n) is 11.9. The maximum absolute atomic E-state index is 12.8. The number of hydrogen-bond acceptors (Lipinski definition) is 9. The molecule has 4 aromatic rings. The first-order valence-corrected chi connectivity index (χ1v) is 15.0. The summed E-state index contributed by atoms with van der Waals surface area (Å²) in [5.41, 5.74) is 3.74. The van der Waals surface area contributed by atoms with E-state index in [-0.39, 0.29) is 16.3 Å². The van der Waals surface area contributed by atoms with Gasteiger partial charge in [-0.25, -0.2) is 23.4 Å². The Morgan fingerprint density at radius 2 is 2.00 bits per heavy atom. The zero-order valence-electron chi connectivity index (χ0n) is 21.0. The molecular weight excluding hydrogens is 534 g/mol. The number of benzene rings is 1. The summed E-state index contributed by atoms with van der Waals surface area (Å²) < 4.78 is 38.9. The number of fused-ring (bicyclic) bond motifs is 1. The Bertz CT molecular complexity index is 1580. The molecule has 9 nitrogen and oxygen atoms in total. The fourth-order valence-corrected chi connectivity index (χ4v) is 6.50. The number of aryl methyl sites for hydroxylation is 2. The van der Waals surface area contributed by atoms with Crippen LogP contribution in [0.15, 0.2) is 29.2 Å². The van der Waals surface area contributed by atoms with E-state index >= 15 is 0 Å². The van der Waals surface area contributed by atoms with Crippen molar-refractivity contribution < 1.29 is 17.9 Å². The van der Waals surface area contributed by atoms with Crippen LogP contribution in [0.3, 0.4) is 0 Å². The highest BCUT2D eigenvalue weighted by Crippen LogP contribution is 2.37. The Balaban J connectivity index is 1.57. The predicted molar refractivity (Wildman–Crippen MR) is 146 cm³/mol. The minimum atomic E-state index is -3.59. The third-order valence-corrected chi connectivity index (χ3v) is 8.70. The predicted octanol–water partition coefficient (Wildman–Crippen LogP) is 5.82. The third kappa shape index (κ3) is 5.23. The van der Waals surface area contributed by atoms with Crippen molar-refractivity contribution in [2.24, 2.45) is 0 Å². The van der Waals surface area contributed by atoms with Crippen LogP contribution in [0.2, 0.25) is 5.15 Å². The highest BCUT2D eigenvalue weighted by Gasteiger charge is 2.24. The molecule has 196 valence electrons. The quantitative estimate of drug-likeness (QED) is 0.281. The molecule has 0 spiro atoms. The van der Waals surface area contributed by atoms with Gasteiger partial charge in [-0.1, -0.05) is 11.6 Å². The lowest BCUT2D eigenvalue weighted by Crippen LogP contribution is -2.19. The molecule has 3 aromatic heterocycles. The summed E-state index contributed by atoms with van der Waals surface area (Å²) in [7, 11) is -1.96. The summed E-state index contributed by atoms with van der Waals surface area (Å²) in [6, 6.07) is 6.90. The lowest BCUT2D eigenvalue weighted by Gasteiger charge is -2.25. The number of thiazole rings is 1. The van der Waals surface area contributed by atoms with Gasteiger partial charge < -0.3 is 14.8 Å². The van der Waals surface area contributed by atoms with E-state index in [0.29, 0.717) is 41.3 Å². The maximum Gasteiger partial charge on any atom is 0.177 e. The number of methoxy groups -OCH3 is 1. The number of halogens is 1. The van der Waals surface area contributed by atoms with Crippen LogP contribution < -0.4 is 5.32 Å². The van der Waals surface area contributed by atoms with Gasteiger partial charge in [-0.2, -0.15) is 0 Å². The number of nitrogens with one attached hydrogen (secondary N) is 1. The Hall–Kier alpha value is -2.57. The summed E-state index contributed by atoms with van der Waals surface area (Å²) in [6.07, 6.45) is 3.99. The SMILES string of the molecule is COCc1nc(-c2ccc(Nc3cc(Cl)nc4c3nc(C)n4C3CCCCO3)c(S(C)(=O)=O)c2)sc1C. The van der Waals surface area contributed by atoms with Crippen LogP contribution in [0, 0.1) is 13.8 Å². The molecule has 4 heterocycles. The fraction of sp³-hybridized carbons (Fsp3) is 0.400. The Morgan fingerprint density at radius 3 is 2.70 bits per heavy atom. The molecule has 0 amide bonds. The van der Waals surface area contributed by atoms with Crippen LogP contribution in [0.4, 0.5) is 11.4 Å². The van der Waals surface area contributed by atoms with E-state index in [4.69, 9.17) is 26.1 Å². The highest BCUT2D eigenvalue weighted by molar-refractivity contribution is 7.90. The van der Waals surface area contributed by atoms with Crippen molar-refractivity contribution in [2.45, 2.75) is 50.8 Å². The molecule has 1 N–H and O–H groups in total. The van der Waals surface area contributed by atoms with Gasteiger partial charge in [-0.15, -0.1) is 11.3 Å². The lowest BCUT2D eigenvalue weighted by atomic mass is 10.2. The molecule has 1 fully saturated rings. The molecule has 12 heteroatoms. The molecule has 1 aliphatic heterocycles. The molecular formula is C25H28ClN5O4S2. The summed E-state index contributed by atoms with van der Waals surface area (Å²) in [4.78, 5) is 15.1. The fourth-order valence-electron chi connectivity index (χ4n) is 4.54. The molecule has 5 rings (SSSR count). The monoisotopic (exact) mass is 561 g/mol. The summed E-state index contributed by atoms with van der Waals surface area (Å²) in [5, 5.41) is 4.27. The maximum atomic E-state index is 12.8. The molecule has 1 saturated heterocycles. The molecule has 1 aromatic carbocycles. The number of anilines is 2. The molecule has 0 aliphatic carbocycles. The van der Waals surface area contributed by atoms with Crippen LogP contribution in [0.1, 0.15) is 41.9 Å². The molecule has 1 aliphatic rings. The second-order valence-corrected chi connectivity index (χ2v) is 12.7. The summed E-state index contributed by atoms with van der Waals surface area (Å²) in [5.74, 6) is 0.754. The van der Waals surface area contributed by atoms with Crippen LogP contribution in [0.5, 0.6) is 0 Å². The van der Waals surface area contributed by atoms with Gasteiger partial charge in [0.2, 0.25) is 0 Å². The van der Waals surface area contributed by atoms with Crippen LogP contribution in [-0.4, -0.2) is 47.9 Å². The first-order chi connectivity index (χ1) is 17.7. The van der Waals surface area contributed by atoms with E-state index in [1.54, 1.807) is 25.3 Å². The molecule has 0 bridgehead atoms. The summed E-state index contributed by atoms with van der Waals surface area (Å²) >= 11 is 7.92. The van der Waals surface area contributed by atoms with Crippen molar-refractivity contribution in [3.05, 3.63) is 45.8 Å². The number of nitrogens with zero attached hydrogens (tertiary/aromatic N) is 4. The number of pyridine rings is 1. The van der Waals surface area contributed by atoms with Crippen LogP contribution >= 0.6 is 22.9 Å². The minimum Gasteiger partial charge on any atom is -0.378 e. The number of hydrogen-bond donors (Lipinski definition) is 1. The Labute approximate surface area is 224 Å². The van der Waals surface area contributed by atoms with Crippen molar-refractivity contribution in [3.63, 3.8) is 0 Å². The molecule has 1 unspecified atom stereocenters. The van der Waals surface area contributed by atoms with Gasteiger partial charge in [0.1, 0.15) is 27.7 Å². The zero-order valence-corrected chi connectivity index (χ0v) is 23.4. The molecule has 37 heavy (non-hydrogen) atoms. The standard InChI is InChI=1S/C25H28ClN5O4S2/c1-14-19(13-34-3)29-25(36-14)16-8-9-17(20(11-16)37(4,32)33)28-18-12-21(26)30-24-23(18)27-15(2)31(24)22-7-5-6-10-35-22/h8-9,11-12,22H,5-7,10,13H2,1-4H3,(H,28,30). The number of ether oxygens (including phenoxy) is 2. The van der Waals surface area contributed by atoms with E-state index in [2.05, 4.69) is 15.3 Å². The highest BCUT2D eigenvalue weighted by atomic mass is 35.5. The Kier molecular flexibility index (Phi) is 7.25.